The predicted molar refractivity (Wildman–Crippen MR) is 98.5 cm³/mol. The number of anilines is 1. The van der Waals surface area contributed by atoms with Gasteiger partial charge in [0.1, 0.15) is 11.9 Å². The van der Waals surface area contributed by atoms with Gasteiger partial charge in [0.2, 0.25) is 0 Å². The molecule has 2 aliphatic rings. The van der Waals surface area contributed by atoms with Gasteiger partial charge in [-0.2, -0.15) is 0 Å². The van der Waals surface area contributed by atoms with Crippen LogP contribution in [0.4, 0.5) is 5.82 Å². The largest absolute Gasteiger partial charge is 0.490 e. The molecular formula is C20H22N4O2. The SMILES string of the molecule is Cc1cc2nccn2nc1N1CCC(Oc2ccc3c(c2)COC3)CC1. The molecule has 0 bridgehead atoms. The fourth-order valence-corrected chi connectivity index (χ4v) is 3.85. The van der Waals surface area contributed by atoms with Gasteiger partial charge in [0, 0.05) is 38.3 Å². The van der Waals surface area contributed by atoms with E-state index in [1.165, 1.54) is 16.7 Å². The van der Waals surface area contributed by atoms with Crippen molar-refractivity contribution >= 4 is 11.5 Å². The number of fused-ring (bicyclic) bond motifs is 2. The van der Waals surface area contributed by atoms with Crippen LogP contribution in [0.5, 0.6) is 5.75 Å². The van der Waals surface area contributed by atoms with Crippen LogP contribution in [0.2, 0.25) is 0 Å². The Morgan fingerprint density at radius 2 is 1.96 bits per heavy atom. The van der Waals surface area contributed by atoms with Crippen molar-refractivity contribution in [2.45, 2.75) is 39.1 Å². The van der Waals surface area contributed by atoms with Crippen LogP contribution in [0.3, 0.4) is 0 Å². The molecule has 2 aliphatic heterocycles. The fourth-order valence-electron chi connectivity index (χ4n) is 3.85. The summed E-state index contributed by atoms with van der Waals surface area (Å²) in [6.45, 7) is 5.43. The monoisotopic (exact) mass is 350 g/mol. The van der Waals surface area contributed by atoms with Gasteiger partial charge >= 0.3 is 0 Å². The standard InChI is InChI=1S/C20H22N4O2/c1-14-10-19-21-6-9-24(19)22-20(14)23-7-4-17(5-8-23)26-18-3-2-15-12-25-13-16(15)11-18/h2-3,6,9-11,17H,4-5,7-8,12-13H2,1H3. The van der Waals surface area contributed by atoms with E-state index in [9.17, 15) is 0 Å². The third kappa shape index (κ3) is 2.80. The van der Waals surface area contributed by atoms with Gasteiger partial charge in [-0.15, -0.1) is 5.10 Å². The van der Waals surface area contributed by atoms with Gasteiger partial charge in [0.05, 0.1) is 13.2 Å². The summed E-state index contributed by atoms with van der Waals surface area (Å²) in [7, 11) is 0. The van der Waals surface area contributed by atoms with E-state index in [0.29, 0.717) is 6.61 Å². The summed E-state index contributed by atoms with van der Waals surface area (Å²) in [4.78, 5) is 6.65. The zero-order chi connectivity index (χ0) is 17.5. The average molecular weight is 350 g/mol. The number of piperidine rings is 1. The van der Waals surface area contributed by atoms with Crippen molar-refractivity contribution in [2.24, 2.45) is 0 Å². The molecule has 0 unspecified atom stereocenters. The first-order valence-corrected chi connectivity index (χ1v) is 9.18. The Labute approximate surface area is 152 Å². The van der Waals surface area contributed by atoms with Gasteiger partial charge in [-0.1, -0.05) is 6.07 Å². The number of rotatable bonds is 3. The second-order valence-electron chi connectivity index (χ2n) is 7.11. The Morgan fingerprint density at radius 1 is 1.12 bits per heavy atom. The van der Waals surface area contributed by atoms with E-state index in [1.807, 2.05) is 10.7 Å². The van der Waals surface area contributed by atoms with Crippen LogP contribution in [0.1, 0.15) is 29.5 Å². The molecule has 0 atom stereocenters. The van der Waals surface area contributed by atoms with E-state index < -0.39 is 0 Å². The second kappa shape index (κ2) is 6.29. The Bertz CT molecular complexity index is 944. The Hall–Kier alpha value is -2.60. The van der Waals surface area contributed by atoms with E-state index in [1.54, 1.807) is 6.20 Å². The van der Waals surface area contributed by atoms with Gasteiger partial charge in [0.15, 0.2) is 11.5 Å². The summed E-state index contributed by atoms with van der Waals surface area (Å²) in [5.74, 6) is 2.01. The van der Waals surface area contributed by atoms with Crippen molar-refractivity contribution in [1.82, 2.24) is 14.6 Å². The van der Waals surface area contributed by atoms with Crippen LogP contribution >= 0.6 is 0 Å². The molecule has 0 radical (unpaired) electrons. The zero-order valence-corrected chi connectivity index (χ0v) is 14.9. The minimum Gasteiger partial charge on any atom is -0.490 e. The molecule has 6 nitrogen and oxygen atoms in total. The topological polar surface area (TPSA) is 51.9 Å². The van der Waals surface area contributed by atoms with Crippen molar-refractivity contribution in [3.63, 3.8) is 0 Å². The maximum atomic E-state index is 6.24. The van der Waals surface area contributed by atoms with Crippen molar-refractivity contribution in [3.05, 3.63) is 53.3 Å². The third-order valence-electron chi connectivity index (χ3n) is 5.29. The van der Waals surface area contributed by atoms with Crippen molar-refractivity contribution in [2.75, 3.05) is 18.0 Å². The minimum atomic E-state index is 0.254. The summed E-state index contributed by atoms with van der Waals surface area (Å²) in [5.41, 5.74) is 4.60. The average Bonchev–Trinajstić information content (AvgIpc) is 3.30. The lowest BCUT2D eigenvalue weighted by molar-refractivity contribution is 0.134. The van der Waals surface area contributed by atoms with Crippen LogP contribution < -0.4 is 9.64 Å². The molecule has 3 aromatic rings. The van der Waals surface area contributed by atoms with Crippen molar-refractivity contribution in [3.8, 4) is 5.75 Å². The normalized spacial score (nSPS) is 17.7. The summed E-state index contributed by atoms with van der Waals surface area (Å²) in [5, 5.41) is 4.73. The van der Waals surface area contributed by atoms with E-state index >= 15 is 0 Å². The van der Waals surface area contributed by atoms with Crippen LogP contribution in [0.25, 0.3) is 5.65 Å². The second-order valence-corrected chi connectivity index (χ2v) is 7.11. The highest BCUT2D eigenvalue weighted by molar-refractivity contribution is 5.52. The summed E-state index contributed by atoms with van der Waals surface area (Å²) < 4.78 is 13.6. The smallest absolute Gasteiger partial charge is 0.153 e. The first-order valence-electron chi connectivity index (χ1n) is 9.18. The molecule has 0 amide bonds. The highest BCUT2D eigenvalue weighted by atomic mass is 16.5. The molecule has 5 rings (SSSR count). The number of aromatic nitrogens is 3. The maximum Gasteiger partial charge on any atom is 0.153 e. The quantitative estimate of drug-likeness (QED) is 0.726. The van der Waals surface area contributed by atoms with E-state index in [2.05, 4.69) is 41.1 Å². The summed E-state index contributed by atoms with van der Waals surface area (Å²) in [6, 6.07) is 8.42. The van der Waals surface area contributed by atoms with Crippen LogP contribution in [0.15, 0.2) is 36.7 Å². The molecule has 4 heterocycles. The maximum absolute atomic E-state index is 6.24. The summed E-state index contributed by atoms with van der Waals surface area (Å²) >= 11 is 0. The van der Waals surface area contributed by atoms with Gasteiger partial charge in [0.25, 0.3) is 0 Å². The lowest BCUT2D eigenvalue weighted by Crippen LogP contribution is -2.39. The molecule has 0 spiro atoms. The Kier molecular flexibility index (Phi) is 3.78. The van der Waals surface area contributed by atoms with Gasteiger partial charge < -0.3 is 14.4 Å². The van der Waals surface area contributed by atoms with Crippen molar-refractivity contribution in [1.29, 1.82) is 0 Å². The first-order chi connectivity index (χ1) is 12.8. The molecular weight excluding hydrogens is 328 g/mol. The number of benzene rings is 1. The number of hydrogen-bond donors (Lipinski definition) is 0. The Morgan fingerprint density at radius 3 is 2.85 bits per heavy atom. The van der Waals surface area contributed by atoms with Gasteiger partial charge in [-0.3, -0.25) is 0 Å². The fraction of sp³-hybridized carbons (Fsp3) is 0.400. The summed E-state index contributed by atoms with van der Waals surface area (Å²) in [6.07, 6.45) is 5.93. The van der Waals surface area contributed by atoms with E-state index in [0.717, 1.165) is 49.8 Å². The molecule has 26 heavy (non-hydrogen) atoms. The third-order valence-corrected chi connectivity index (χ3v) is 5.29. The minimum absolute atomic E-state index is 0.254. The molecule has 2 aromatic heterocycles. The van der Waals surface area contributed by atoms with Crippen LogP contribution in [-0.2, 0) is 18.0 Å². The van der Waals surface area contributed by atoms with E-state index in [4.69, 9.17) is 14.6 Å². The molecule has 1 aromatic carbocycles. The lowest BCUT2D eigenvalue weighted by Gasteiger charge is -2.33. The predicted octanol–water partition coefficient (Wildman–Crippen LogP) is 3.12. The molecule has 1 fully saturated rings. The number of aryl methyl sites for hydroxylation is 1. The van der Waals surface area contributed by atoms with Gasteiger partial charge in [-0.25, -0.2) is 9.50 Å². The molecule has 1 saturated heterocycles. The number of hydrogen-bond acceptors (Lipinski definition) is 5. The van der Waals surface area contributed by atoms with Crippen molar-refractivity contribution < 1.29 is 9.47 Å². The molecule has 134 valence electrons. The van der Waals surface area contributed by atoms with Crippen LogP contribution in [-0.4, -0.2) is 33.8 Å². The zero-order valence-electron chi connectivity index (χ0n) is 14.9. The molecule has 0 aliphatic carbocycles. The Balaban J connectivity index is 1.26. The number of ether oxygens (including phenoxy) is 2. The first kappa shape index (κ1) is 15.6. The number of imidazole rings is 1. The van der Waals surface area contributed by atoms with E-state index in [-0.39, 0.29) is 6.10 Å². The number of nitrogens with zero attached hydrogens (tertiary/aromatic N) is 4. The molecule has 6 heteroatoms. The van der Waals surface area contributed by atoms with Gasteiger partial charge in [-0.05, 0) is 41.8 Å². The lowest BCUT2D eigenvalue weighted by atomic mass is 10.1. The highest BCUT2D eigenvalue weighted by Gasteiger charge is 2.23. The highest BCUT2D eigenvalue weighted by Crippen LogP contribution is 2.28. The molecule has 0 saturated carbocycles. The molecule has 0 N–H and O–H groups in total. The van der Waals surface area contributed by atoms with Crippen LogP contribution in [0, 0.1) is 6.92 Å².